The summed E-state index contributed by atoms with van der Waals surface area (Å²) < 4.78 is 1.34. The molecule has 8 nitrogen and oxygen atoms in total. The molecule has 1 aromatic rings. The first-order chi connectivity index (χ1) is 9.35. The number of nitrogens with zero attached hydrogens (tertiary/aromatic N) is 2. The minimum Gasteiger partial charge on any atom is -0.481 e. The lowest BCUT2D eigenvalue weighted by Gasteiger charge is -2.16. The lowest BCUT2D eigenvalue weighted by molar-refractivity contribution is -0.384. The van der Waals surface area contributed by atoms with E-state index in [4.69, 9.17) is 5.11 Å². The molecule has 0 aliphatic rings. The second-order valence-electron chi connectivity index (χ2n) is 4.51. The number of carboxylic acids is 1. The molecule has 0 fully saturated rings. The molecule has 8 heteroatoms. The molecule has 0 spiro atoms. The second kappa shape index (κ2) is 6.69. The molecule has 20 heavy (non-hydrogen) atoms. The van der Waals surface area contributed by atoms with Crippen molar-refractivity contribution in [3.63, 3.8) is 0 Å². The minimum atomic E-state index is -0.999. The summed E-state index contributed by atoms with van der Waals surface area (Å²) in [6, 6.07) is 0.679. The number of aryl methyl sites for hydroxylation is 1. The first kappa shape index (κ1) is 15.7. The van der Waals surface area contributed by atoms with Gasteiger partial charge in [0, 0.05) is 19.2 Å². The predicted molar refractivity (Wildman–Crippen MR) is 70.5 cm³/mol. The molecule has 110 valence electrons. The van der Waals surface area contributed by atoms with Gasteiger partial charge in [0.05, 0.1) is 17.5 Å². The van der Waals surface area contributed by atoms with Crippen molar-refractivity contribution in [3.8, 4) is 0 Å². The number of hydrogen-bond donors (Lipinski definition) is 2. The van der Waals surface area contributed by atoms with Gasteiger partial charge >= 0.3 is 5.97 Å². The number of rotatable bonds is 7. The van der Waals surface area contributed by atoms with Crippen molar-refractivity contribution in [2.75, 3.05) is 0 Å². The Labute approximate surface area is 115 Å². The molecule has 1 heterocycles. The zero-order chi connectivity index (χ0) is 15.3. The SMILES string of the molecule is CCCC(CC(=O)O)NC(=O)c1cc([N+](=O)[O-])cn1C. The van der Waals surface area contributed by atoms with Gasteiger partial charge in [0.2, 0.25) is 0 Å². The van der Waals surface area contributed by atoms with Crippen LogP contribution in [0.4, 0.5) is 5.69 Å². The van der Waals surface area contributed by atoms with E-state index < -0.39 is 22.8 Å². The van der Waals surface area contributed by atoms with E-state index in [-0.39, 0.29) is 17.8 Å². The summed E-state index contributed by atoms with van der Waals surface area (Å²) in [6.07, 6.45) is 2.32. The van der Waals surface area contributed by atoms with Crippen LogP contribution in [0.15, 0.2) is 12.3 Å². The van der Waals surface area contributed by atoms with Crippen LogP contribution in [0.2, 0.25) is 0 Å². The van der Waals surface area contributed by atoms with Crippen LogP contribution in [0.5, 0.6) is 0 Å². The standard InChI is InChI=1S/C12H17N3O5/c1-3-4-8(5-11(16)17)13-12(18)10-6-9(15(19)20)7-14(10)2/h6-8H,3-5H2,1-2H3,(H,13,18)(H,16,17). The molecule has 0 saturated heterocycles. The maximum Gasteiger partial charge on any atom is 0.305 e. The van der Waals surface area contributed by atoms with Crippen molar-refractivity contribution in [2.24, 2.45) is 7.05 Å². The Morgan fingerprint density at radius 1 is 1.55 bits per heavy atom. The highest BCUT2D eigenvalue weighted by molar-refractivity contribution is 5.94. The summed E-state index contributed by atoms with van der Waals surface area (Å²) >= 11 is 0. The highest BCUT2D eigenvalue weighted by Gasteiger charge is 2.21. The molecular weight excluding hydrogens is 266 g/mol. The van der Waals surface area contributed by atoms with E-state index in [9.17, 15) is 19.7 Å². The van der Waals surface area contributed by atoms with Gasteiger partial charge in [-0.25, -0.2) is 0 Å². The minimum absolute atomic E-state index is 0.128. The van der Waals surface area contributed by atoms with Crippen LogP contribution in [0.1, 0.15) is 36.7 Å². The number of nitrogens with one attached hydrogen (secondary N) is 1. The maximum atomic E-state index is 12.0. The molecule has 1 unspecified atom stereocenters. The molecule has 0 radical (unpaired) electrons. The summed E-state index contributed by atoms with van der Waals surface area (Å²) in [5.41, 5.74) is -0.0499. The van der Waals surface area contributed by atoms with Gasteiger partial charge in [-0.3, -0.25) is 19.7 Å². The number of aromatic nitrogens is 1. The molecule has 1 amide bonds. The number of amides is 1. The molecule has 1 atom stereocenters. The molecule has 0 aliphatic heterocycles. The van der Waals surface area contributed by atoms with Crippen molar-refractivity contribution in [1.82, 2.24) is 9.88 Å². The lowest BCUT2D eigenvalue weighted by Crippen LogP contribution is -2.37. The Balaban J connectivity index is 2.82. The lowest BCUT2D eigenvalue weighted by atomic mass is 10.1. The van der Waals surface area contributed by atoms with Crippen LogP contribution >= 0.6 is 0 Å². The molecular formula is C12H17N3O5. The number of carbonyl (C=O) groups is 2. The van der Waals surface area contributed by atoms with Crippen LogP contribution in [-0.2, 0) is 11.8 Å². The fourth-order valence-corrected chi connectivity index (χ4v) is 1.92. The predicted octanol–water partition coefficient (Wildman–Crippen LogP) is 1.31. The smallest absolute Gasteiger partial charge is 0.305 e. The van der Waals surface area contributed by atoms with E-state index in [1.807, 2.05) is 6.92 Å². The van der Waals surface area contributed by atoms with E-state index in [1.165, 1.54) is 23.9 Å². The molecule has 0 bridgehead atoms. The topological polar surface area (TPSA) is 114 Å². The number of carboxylic acid groups (broad SMARTS) is 1. The van der Waals surface area contributed by atoms with E-state index in [0.717, 1.165) is 6.42 Å². The van der Waals surface area contributed by atoms with Gasteiger partial charge in [0.1, 0.15) is 5.69 Å². The fourth-order valence-electron chi connectivity index (χ4n) is 1.92. The van der Waals surface area contributed by atoms with Gasteiger partial charge in [-0.1, -0.05) is 13.3 Å². The van der Waals surface area contributed by atoms with Crippen LogP contribution in [0, 0.1) is 10.1 Å². The van der Waals surface area contributed by atoms with Gasteiger partial charge in [0.15, 0.2) is 0 Å². The Bertz CT molecular complexity index is 523. The molecule has 0 aliphatic carbocycles. The third kappa shape index (κ3) is 4.08. The summed E-state index contributed by atoms with van der Waals surface area (Å²) in [5.74, 6) is -1.51. The average molecular weight is 283 g/mol. The number of carbonyl (C=O) groups excluding carboxylic acids is 1. The van der Waals surface area contributed by atoms with Crippen molar-refractivity contribution in [2.45, 2.75) is 32.2 Å². The molecule has 1 aromatic heterocycles. The number of aliphatic carboxylic acids is 1. The van der Waals surface area contributed by atoms with E-state index in [0.29, 0.717) is 6.42 Å². The third-order valence-electron chi connectivity index (χ3n) is 2.83. The second-order valence-corrected chi connectivity index (χ2v) is 4.51. The Kier molecular flexibility index (Phi) is 5.24. The largest absolute Gasteiger partial charge is 0.481 e. The highest BCUT2D eigenvalue weighted by atomic mass is 16.6. The Morgan fingerprint density at radius 3 is 2.65 bits per heavy atom. The Morgan fingerprint density at radius 2 is 2.20 bits per heavy atom. The average Bonchev–Trinajstić information content (AvgIpc) is 2.71. The zero-order valence-corrected chi connectivity index (χ0v) is 11.3. The van der Waals surface area contributed by atoms with Gasteiger partial charge in [-0.15, -0.1) is 0 Å². The van der Waals surface area contributed by atoms with Crippen molar-refractivity contribution >= 4 is 17.6 Å². The molecule has 0 saturated carbocycles. The van der Waals surface area contributed by atoms with Gasteiger partial charge in [-0.2, -0.15) is 0 Å². The first-order valence-electron chi connectivity index (χ1n) is 6.18. The highest BCUT2D eigenvalue weighted by Crippen LogP contribution is 2.15. The van der Waals surface area contributed by atoms with Gasteiger partial charge < -0.3 is 15.0 Å². The van der Waals surface area contributed by atoms with Crippen molar-refractivity contribution in [1.29, 1.82) is 0 Å². The summed E-state index contributed by atoms with van der Waals surface area (Å²) in [6.45, 7) is 1.88. The third-order valence-corrected chi connectivity index (χ3v) is 2.83. The van der Waals surface area contributed by atoms with Crippen molar-refractivity contribution in [3.05, 3.63) is 28.1 Å². The van der Waals surface area contributed by atoms with Crippen molar-refractivity contribution < 1.29 is 19.6 Å². The summed E-state index contributed by atoms with van der Waals surface area (Å²) in [7, 11) is 1.52. The summed E-state index contributed by atoms with van der Waals surface area (Å²) in [4.78, 5) is 32.8. The van der Waals surface area contributed by atoms with E-state index in [2.05, 4.69) is 5.32 Å². The molecule has 0 aromatic carbocycles. The Hall–Kier alpha value is -2.38. The summed E-state index contributed by atoms with van der Waals surface area (Å²) in [5, 5.41) is 22.0. The van der Waals surface area contributed by atoms with Crippen LogP contribution < -0.4 is 5.32 Å². The normalized spacial score (nSPS) is 11.9. The van der Waals surface area contributed by atoms with E-state index >= 15 is 0 Å². The van der Waals surface area contributed by atoms with Crippen LogP contribution in [0.3, 0.4) is 0 Å². The zero-order valence-electron chi connectivity index (χ0n) is 11.3. The van der Waals surface area contributed by atoms with Crippen LogP contribution in [-0.4, -0.2) is 32.5 Å². The molecule has 1 rings (SSSR count). The van der Waals surface area contributed by atoms with E-state index in [1.54, 1.807) is 0 Å². The van der Waals surface area contributed by atoms with Crippen LogP contribution in [0.25, 0.3) is 0 Å². The molecule has 2 N–H and O–H groups in total. The monoisotopic (exact) mass is 283 g/mol. The maximum absolute atomic E-state index is 12.0. The quantitative estimate of drug-likeness (QED) is 0.578. The van der Waals surface area contributed by atoms with Gasteiger partial charge in [-0.05, 0) is 6.42 Å². The number of hydrogen-bond acceptors (Lipinski definition) is 4. The first-order valence-corrected chi connectivity index (χ1v) is 6.18. The fraction of sp³-hybridized carbons (Fsp3) is 0.500. The number of nitro groups is 1. The van der Waals surface area contributed by atoms with Gasteiger partial charge in [0.25, 0.3) is 11.6 Å².